The van der Waals surface area contributed by atoms with E-state index in [1.807, 2.05) is 45.0 Å². The molecule has 0 atom stereocenters. The molecular formula is C32H40N10O3. The van der Waals surface area contributed by atoms with Gasteiger partial charge in [-0.25, -0.2) is 14.8 Å². The fourth-order valence-electron chi connectivity index (χ4n) is 4.71. The van der Waals surface area contributed by atoms with Gasteiger partial charge >= 0.3 is 6.03 Å². The Bertz CT molecular complexity index is 1610. The number of hydrogen-bond acceptors (Lipinski definition) is 11. The zero-order chi connectivity index (χ0) is 32.0. The molecule has 2 aromatic heterocycles. The van der Waals surface area contributed by atoms with Gasteiger partial charge in [-0.3, -0.25) is 15.6 Å². The molecule has 1 aliphatic heterocycles. The number of nitrogen functional groups attached to an aromatic ring is 1. The van der Waals surface area contributed by atoms with Crippen LogP contribution in [0.4, 0.5) is 33.6 Å². The third-order valence-electron chi connectivity index (χ3n) is 7.44. The van der Waals surface area contributed by atoms with Crippen molar-refractivity contribution in [1.82, 2.24) is 24.9 Å². The predicted octanol–water partition coefficient (Wildman–Crippen LogP) is 4.77. The largest absolute Gasteiger partial charge is 0.492 e. The molecule has 0 saturated carbocycles. The number of piperazine rings is 1. The van der Waals surface area contributed by atoms with Crippen LogP contribution in [-0.2, 0) is 5.41 Å². The zero-order valence-electron chi connectivity index (χ0n) is 26.1. The van der Waals surface area contributed by atoms with E-state index in [-0.39, 0.29) is 16.9 Å². The van der Waals surface area contributed by atoms with E-state index >= 15 is 0 Å². The van der Waals surface area contributed by atoms with Crippen LogP contribution in [0.5, 0.6) is 5.75 Å². The van der Waals surface area contributed by atoms with Crippen LogP contribution >= 0.6 is 0 Å². The van der Waals surface area contributed by atoms with E-state index in [2.05, 4.69) is 47.9 Å². The summed E-state index contributed by atoms with van der Waals surface area (Å²) in [6.45, 7) is 11.7. The zero-order valence-corrected chi connectivity index (χ0v) is 26.1. The van der Waals surface area contributed by atoms with Crippen LogP contribution in [-0.4, -0.2) is 83.0 Å². The third kappa shape index (κ3) is 8.34. The first-order valence-electron chi connectivity index (χ1n) is 14.8. The number of carbonyl (C=O) groups excluding carboxylic acids is 1. The molecule has 13 nitrogen and oxygen atoms in total. The van der Waals surface area contributed by atoms with Gasteiger partial charge in [-0.15, -0.1) is 0 Å². The number of nitrogens with zero attached hydrogens (tertiary/aromatic N) is 5. The highest BCUT2D eigenvalue weighted by Crippen LogP contribution is 2.27. The normalized spacial score (nSPS) is 14.1. The Morgan fingerprint density at radius 1 is 1.00 bits per heavy atom. The number of hydrogen-bond donors (Lipinski definition) is 5. The number of carbonyl (C=O) groups is 1. The van der Waals surface area contributed by atoms with Crippen molar-refractivity contribution in [1.29, 1.82) is 5.41 Å². The summed E-state index contributed by atoms with van der Waals surface area (Å²) in [5.41, 5.74) is 8.47. The van der Waals surface area contributed by atoms with E-state index in [9.17, 15) is 4.79 Å². The minimum atomic E-state index is -0.449. The van der Waals surface area contributed by atoms with Crippen LogP contribution in [0.25, 0.3) is 0 Å². The smallest absolute Gasteiger partial charge is 0.324 e. The SMILES string of the molecule is CN1CCN(CCOc2ccc(C(=N)c3c(N)ncnc3Nc3ccc(NC(=O)Nc4cc(C(C)(C)C)on4)cc3)cc2)CC1. The molecule has 5 rings (SSSR count). The van der Waals surface area contributed by atoms with E-state index in [0.717, 1.165) is 38.5 Å². The van der Waals surface area contributed by atoms with Gasteiger partial charge in [0.15, 0.2) is 5.82 Å². The first kappa shape index (κ1) is 31.4. The van der Waals surface area contributed by atoms with Gasteiger partial charge in [-0.1, -0.05) is 25.9 Å². The number of likely N-dealkylation sites (N-methyl/N-ethyl adjacent to an activating group) is 1. The van der Waals surface area contributed by atoms with Crippen molar-refractivity contribution in [2.24, 2.45) is 0 Å². The van der Waals surface area contributed by atoms with Gasteiger partial charge in [0.05, 0.1) is 11.3 Å². The molecule has 1 saturated heterocycles. The van der Waals surface area contributed by atoms with E-state index in [4.69, 9.17) is 20.4 Å². The summed E-state index contributed by atoms with van der Waals surface area (Å²) in [6.07, 6.45) is 1.35. The molecule has 13 heteroatoms. The minimum Gasteiger partial charge on any atom is -0.492 e. The monoisotopic (exact) mass is 612 g/mol. The van der Waals surface area contributed by atoms with Crippen LogP contribution in [0.15, 0.2) is 65.4 Å². The highest BCUT2D eigenvalue weighted by molar-refractivity contribution is 6.16. The summed E-state index contributed by atoms with van der Waals surface area (Å²) in [4.78, 5) is 25.7. The van der Waals surface area contributed by atoms with Gasteiger partial charge < -0.3 is 30.5 Å². The second-order valence-electron chi connectivity index (χ2n) is 12.0. The molecule has 0 unspecified atom stereocenters. The summed E-state index contributed by atoms with van der Waals surface area (Å²) in [5.74, 6) is 2.32. The lowest BCUT2D eigenvalue weighted by molar-refractivity contribution is 0.134. The standard InChI is InChI=1S/C32H40N10O3/c1-32(2,3)25-19-26(40-45-25)39-31(43)38-23-9-7-22(8-10-23)37-30-27(29(34)35-20-36-30)28(33)21-5-11-24(12-6-21)44-18-17-42-15-13-41(4)14-16-42/h5-12,19-20,33H,13-18H2,1-4H3,(H3,34,35,36,37)(H2,38,39,40,43). The number of rotatable bonds is 10. The molecule has 3 heterocycles. The van der Waals surface area contributed by atoms with Crippen LogP contribution in [0, 0.1) is 5.41 Å². The van der Waals surface area contributed by atoms with E-state index in [1.165, 1.54) is 6.33 Å². The Morgan fingerprint density at radius 3 is 2.36 bits per heavy atom. The van der Waals surface area contributed by atoms with Crippen molar-refractivity contribution in [3.05, 3.63) is 77.8 Å². The number of anilines is 5. The molecule has 0 spiro atoms. The summed E-state index contributed by atoms with van der Waals surface area (Å²) < 4.78 is 11.3. The predicted molar refractivity (Wildman–Crippen MR) is 176 cm³/mol. The second-order valence-corrected chi connectivity index (χ2v) is 12.0. The topological polar surface area (TPSA) is 171 Å². The first-order chi connectivity index (χ1) is 21.5. The lowest BCUT2D eigenvalue weighted by atomic mass is 9.93. The lowest BCUT2D eigenvalue weighted by Gasteiger charge is -2.32. The summed E-state index contributed by atoms with van der Waals surface area (Å²) in [5, 5.41) is 21.5. The summed E-state index contributed by atoms with van der Waals surface area (Å²) in [6, 6.07) is 15.7. The van der Waals surface area contributed by atoms with Crippen molar-refractivity contribution >= 4 is 40.6 Å². The van der Waals surface area contributed by atoms with Crippen molar-refractivity contribution in [2.45, 2.75) is 26.2 Å². The maximum Gasteiger partial charge on any atom is 0.324 e. The second kappa shape index (κ2) is 13.7. The highest BCUT2D eigenvalue weighted by Gasteiger charge is 2.21. The summed E-state index contributed by atoms with van der Waals surface area (Å²) >= 11 is 0. The van der Waals surface area contributed by atoms with Crippen LogP contribution < -0.4 is 26.4 Å². The Balaban J connectivity index is 1.18. The molecule has 236 valence electrons. The maximum atomic E-state index is 12.5. The molecular weight excluding hydrogens is 572 g/mol. The van der Waals surface area contributed by atoms with E-state index in [1.54, 1.807) is 30.3 Å². The van der Waals surface area contributed by atoms with Gasteiger partial charge in [-0.2, -0.15) is 0 Å². The van der Waals surface area contributed by atoms with Crippen molar-refractivity contribution in [3.63, 3.8) is 0 Å². The quantitative estimate of drug-likeness (QED) is 0.157. The van der Waals surface area contributed by atoms with Crippen molar-refractivity contribution < 1.29 is 14.1 Å². The van der Waals surface area contributed by atoms with E-state index < -0.39 is 6.03 Å². The average molecular weight is 613 g/mol. The minimum absolute atomic E-state index is 0.178. The first-order valence-corrected chi connectivity index (χ1v) is 14.8. The van der Waals surface area contributed by atoms with Crippen molar-refractivity contribution in [3.8, 4) is 5.75 Å². The number of nitrogens with two attached hydrogens (primary N) is 1. The molecule has 1 fully saturated rings. The van der Waals surface area contributed by atoms with Gasteiger partial charge in [0.2, 0.25) is 0 Å². The number of urea groups is 1. The highest BCUT2D eigenvalue weighted by atomic mass is 16.5. The number of ether oxygens (including phenoxy) is 1. The van der Waals surface area contributed by atoms with Crippen LogP contribution in [0.3, 0.4) is 0 Å². The van der Waals surface area contributed by atoms with Crippen LogP contribution in [0.1, 0.15) is 37.7 Å². The molecule has 1 aliphatic rings. The molecule has 2 amide bonds. The van der Waals surface area contributed by atoms with Gasteiger partial charge in [0.1, 0.15) is 36.1 Å². The van der Waals surface area contributed by atoms with Gasteiger partial charge in [-0.05, 0) is 55.6 Å². The summed E-state index contributed by atoms with van der Waals surface area (Å²) in [7, 11) is 2.14. The number of benzene rings is 2. The third-order valence-corrected chi connectivity index (χ3v) is 7.44. The molecule has 6 N–H and O–H groups in total. The lowest BCUT2D eigenvalue weighted by Crippen LogP contribution is -2.45. The number of amides is 2. The van der Waals surface area contributed by atoms with Gasteiger partial charge in [0, 0.05) is 61.1 Å². The maximum absolute atomic E-state index is 12.5. The Kier molecular flexibility index (Phi) is 9.59. The Morgan fingerprint density at radius 2 is 1.69 bits per heavy atom. The molecule has 2 aromatic carbocycles. The van der Waals surface area contributed by atoms with Crippen molar-refractivity contribution in [2.75, 3.05) is 68.1 Å². The fourth-order valence-corrected chi connectivity index (χ4v) is 4.71. The van der Waals surface area contributed by atoms with Crippen LogP contribution in [0.2, 0.25) is 0 Å². The molecule has 0 radical (unpaired) electrons. The Labute approximate surface area is 262 Å². The fraction of sp³-hybridized carbons (Fsp3) is 0.344. The van der Waals surface area contributed by atoms with E-state index in [0.29, 0.717) is 46.5 Å². The van der Waals surface area contributed by atoms with Gasteiger partial charge in [0.25, 0.3) is 0 Å². The molecule has 45 heavy (non-hydrogen) atoms. The molecule has 4 aromatic rings. The molecule has 0 aliphatic carbocycles. The number of aromatic nitrogens is 3. The Hall–Kier alpha value is -5.01. The average Bonchev–Trinajstić information content (AvgIpc) is 3.48. The number of nitrogens with one attached hydrogen (secondary N) is 4. The molecule has 0 bridgehead atoms.